The smallest absolute Gasteiger partial charge is 0.467 e. The predicted octanol–water partition coefficient (Wildman–Crippen LogP) is 8.75. The second kappa shape index (κ2) is 44.7. The number of aliphatic hydroxyl groups excluding tert-OH is 2. The minimum Gasteiger partial charge on any atom is -0.467 e. The maximum atomic E-state index is 10.2. The topological polar surface area (TPSA) is 76.0 Å². The van der Waals surface area contributed by atoms with E-state index in [1.165, 1.54) is 135 Å². The number of aliphatic hydroxyl groups is 2. The molecule has 1 aliphatic rings. The summed E-state index contributed by atoms with van der Waals surface area (Å²) in [5.41, 5.74) is 0. The van der Waals surface area contributed by atoms with Crippen LogP contribution in [0.1, 0.15) is 188 Å². The Balaban J connectivity index is -0.000000877. The zero-order valence-electron chi connectivity index (χ0n) is 32.2. The molecule has 6 heteroatoms. The summed E-state index contributed by atoms with van der Waals surface area (Å²) in [5, 5.41) is 19.0. The summed E-state index contributed by atoms with van der Waals surface area (Å²) in [7, 11) is 0. The molecule has 0 amide bonds. The second-order valence-electron chi connectivity index (χ2n) is 13.6. The van der Waals surface area contributed by atoms with Crippen LogP contribution in [0.4, 0.5) is 0 Å². The SMILES string of the molecule is CCCCC.CCCCC/C=C\CC[C@H](C)CCCCCCCC(O)OCC(CO)COC=O.[CH2-]CCC[CH-]C1CCCCCC1.[K+]. The molecule has 1 saturated carbocycles. The molecule has 5 nitrogen and oxygen atoms in total. The first-order chi connectivity index (χ1) is 22.5. The molecular formula is C41H80KO5-. The molecule has 2 N–H and O–H groups in total. The van der Waals surface area contributed by atoms with Gasteiger partial charge in [0.2, 0.25) is 0 Å². The zero-order valence-corrected chi connectivity index (χ0v) is 35.4. The van der Waals surface area contributed by atoms with Crippen molar-refractivity contribution in [1.82, 2.24) is 0 Å². The number of unbranched alkanes of at least 4 members (excludes halogenated alkanes) is 11. The van der Waals surface area contributed by atoms with Gasteiger partial charge in [-0.3, -0.25) is 4.79 Å². The molecule has 2 unspecified atom stereocenters. The van der Waals surface area contributed by atoms with Crippen LogP contribution in [0.3, 0.4) is 0 Å². The van der Waals surface area contributed by atoms with Crippen LogP contribution in [0, 0.1) is 31.1 Å². The van der Waals surface area contributed by atoms with Crippen LogP contribution >= 0.6 is 0 Å². The van der Waals surface area contributed by atoms with Crippen LogP contribution in [-0.2, 0) is 14.3 Å². The Labute approximate surface area is 337 Å². The van der Waals surface area contributed by atoms with Gasteiger partial charge >= 0.3 is 51.4 Å². The molecule has 0 heterocycles. The second-order valence-corrected chi connectivity index (χ2v) is 13.6. The van der Waals surface area contributed by atoms with E-state index >= 15 is 0 Å². The number of carbonyl (C=O) groups is 1. The van der Waals surface area contributed by atoms with Gasteiger partial charge in [0.1, 0.15) is 0 Å². The fourth-order valence-electron chi connectivity index (χ4n) is 5.67. The molecule has 47 heavy (non-hydrogen) atoms. The molecule has 0 aromatic rings. The number of hydrogen-bond donors (Lipinski definition) is 2. The van der Waals surface area contributed by atoms with E-state index in [-0.39, 0.29) is 77.1 Å². The average molecular weight is 692 g/mol. The third kappa shape index (κ3) is 42.8. The maximum Gasteiger partial charge on any atom is 1.00 e. The molecule has 1 fully saturated rings. The number of ether oxygens (including phenoxy) is 2. The van der Waals surface area contributed by atoms with Crippen molar-refractivity contribution in [3.63, 3.8) is 0 Å². The van der Waals surface area contributed by atoms with Crippen molar-refractivity contribution < 1.29 is 75.9 Å². The van der Waals surface area contributed by atoms with E-state index < -0.39 is 6.29 Å². The van der Waals surface area contributed by atoms with Gasteiger partial charge in [0.25, 0.3) is 6.47 Å². The van der Waals surface area contributed by atoms with Crippen LogP contribution in [0.25, 0.3) is 0 Å². The van der Waals surface area contributed by atoms with Crippen LogP contribution in [0.5, 0.6) is 0 Å². The fraction of sp³-hybridized carbons (Fsp3) is 0.878. The van der Waals surface area contributed by atoms with Crippen molar-refractivity contribution in [2.24, 2.45) is 17.8 Å². The molecule has 0 aromatic carbocycles. The largest absolute Gasteiger partial charge is 1.00 e. The Morgan fingerprint density at radius 3 is 1.98 bits per heavy atom. The normalized spacial score (nSPS) is 15.3. The van der Waals surface area contributed by atoms with E-state index in [1.54, 1.807) is 0 Å². The Bertz CT molecular complexity index is 592. The molecule has 0 radical (unpaired) electrons. The van der Waals surface area contributed by atoms with Crippen LogP contribution < -0.4 is 51.4 Å². The molecule has 0 aliphatic heterocycles. The molecule has 1 rings (SSSR count). The summed E-state index contributed by atoms with van der Waals surface area (Å²) in [4.78, 5) is 10.2. The summed E-state index contributed by atoms with van der Waals surface area (Å²) in [6.45, 7) is 13.4. The van der Waals surface area contributed by atoms with E-state index in [0.29, 0.717) is 12.9 Å². The van der Waals surface area contributed by atoms with Crippen LogP contribution in [-0.4, -0.2) is 42.8 Å². The van der Waals surface area contributed by atoms with Crippen molar-refractivity contribution in [3.05, 3.63) is 25.5 Å². The first-order valence-electron chi connectivity index (χ1n) is 19.7. The molecule has 1 aliphatic carbocycles. The zero-order chi connectivity index (χ0) is 34.4. The van der Waals surface area contributed by atoms with Gasteiger partial charge in [-0.05, 0) is 44.4 Å². The number of hydrogen-bond acceptors (Lipinski definition) is 5. The monoisotopic (exact) mass is 692 g/mol. The van der Waals surface area contributed by atoms with Crippen molar-refractivity contribution in [1.29, 1.82) is 0 Å². The minimum atomic E-state index is -0.810. The van der Waals surface area contributed by atoms with Gasteiger partial charge in [-0.2, -0.15) is 18.8 Å². The van der Waals surface area contributed by atoms with Gasteiger partial charge in [-0.15, -0.1) is 6.42 Å². The summed E-state index contributed by atoms with van der Waals surface area (Å²) in [6, 6.07) is 0. The molecule has 0 saturated heterocycles. The number of carbonyl (C=O) groups excluding carboxylic acids is 1. The molecule has 0 aromatic heterocycles. The quantitative estimate of drug-likeness (QED) is 0.0163. The Kier molecular flexibility index (Phi) is 49.6. The van der Waals surface area contributed by atoms with Crippen molar-refractivity contribution >= 4 is 6.47 Å². The van der Waals surface area contributed by atoms with Crippen molar-refractivity contribution in [2.75, 3.05) is 19.8 Å². The maximum absolute atomic E-state index is 10.2. The van der Waals surface area contributed by atoms with Crippen molar-refractivity contribution in [3.8, 4) is 0 Å². The first-order valence-corrected chi connectivity index (χ1v) is 19.7. The average Bonchev–Trinajstić information content (AvgIpc) is 3.34. The number of allylic oxidation sites excluding steroid dienone is 2. The third-order valence-corrected chi connectivity index (χ3v) is 8.86. The summed E-state index contributed by atoms with van der Waals surface area (Å²) >= 11 is 0. The van der Waals surface area contributed by atoms with Crippen LogP contribution in [0.2, 0.25) is 0 Å². The number of rotatable bonds is 28. The fourth-order valence-corrected chi connectivity index (χ4v) is 5.67. The van der Waals surface area contributed by atoms with Crippen LogP contribution in [0.15, 0.2) is 12.2 Å². The summed E-state index contributed by atoms with van der Waals surface area (Å²) in [6.07, 6.45) is 38.4. The van der Waals surface area contributed by atoms with E-state index in [4.69, 9.17) is 9.84 Å². The van der Waals surface area contributed by atoms with Gasteiger partial charge in [-0.25, -0.2) is 0 Å². The molecule has 3 atom stereocenters. The molecular weight excluding hydrogens is 612 g/mol. The van der Waals surface area contributed by atoms with E-state index in [0.717, 1.165) is 31.1 Å². The Morgan fingerprint density at radius 1 is 0.787 bits per heavy atom. The molecule has 0 bridgehead atoms. The summed E-state index contributed by atoms with van der Waals surface area (Å²) in [5.74, 6) is 1.46. The first kappa shape index (κ1) is 52.1. The van der Waals surface area contributed by atoms with E-state index in [9.17, 15) is 9.90 Å². The molecule has 0 spiro atoms. The van der Waals surface area contributed by atoms with Crippen molar-refractivity contribution in [2.45, 2.75) is 195 Å². The predicted molar refractivity (Wildman–Crippen MR) is 198 cm³/mol. The van der Waals surface area contributed by atoms with Gasteiger partial charge < -0.3 is 33.0 Å². The minimum absolute atomic E-state index is 0. The van der Waals surface area contributed by atoms with E-state index in [1.807, 2.05) is 0 Å². The third-order valence-electron chi connectivity index (χ3n) is 8.86. The van der Waals surface area contributed by atoms with E-state index in [2.05, 4.69) is 57.9 Å². The Morgan fingerprint density at radius 2 is 1.40 bits per heavy atom. The molecule has 276 valence electrons. The summed E-state index contributed by atoms with van der Waals surface area (Å²) < 4.78 is 9.93. The Hall–Kier alpha value is 0.726. The van der Waals surface area contributed by atoms with Gasteiger partial charge in [0.05, 0.1) is 19.8 Å². The van der Waals surface area contributed by atoms with Gasteiger partial charge in [0, 0.05) is 5.92 Å². The standard InChI is InChI=1S/C24H46O5.C12H22.C5H12.K/c1-3-4-5-6-7-9-12-15-22(2)16-13-10-8-11-14-17-24(27)29-20-23(18-25)19-28-21-26;1-2-3-6-9-12-10-7-4-5-8-11-12;1-3-5-4-2;/h7,9,21-25,27H,3-6,8,10-20H2,1-2H3;9,12H,1-8,10-11H2;3-5H2,1-2H3;/q;-2;;+1/b9-7-;;;/t22-,23?,24?;;;/m0.../s1. The van der Waals surface area contributed by atoms with Gasteiger partial charge in [-0.1, -0.05) is 143 Å². The van der Waals surface area contributed by atoms with Gasteiger partial charge in [0.15, 0.2) is 6.29 Å².